The van der Waals surface area contributed by atoms with E-state index in [9.17, 15) is 13.2 Å². The maximum Gasteiger partial charge on any atom is 0.293 e. The Labute approximate surface area is 99.8 Å². The monoisotopic (exact) mass is 255 g/mol. The van der Waals surface area contributed by atoms with Crippen molar-refractivity contribution >= 4 is 22.2 Å². The standard InChI is InChI=1S/C11H13NO4S/c1-17(14,15)12-10-4-2-3-9(7-10)11(5-6-11)16-8-13/h2-4,7-8,12H,5-6H2,1H3. The van der Waals surface area contributed by atoms with E-state index in [0.717, 1.165) is 24.7 Å². The van der Waals surface area contributed by atoms with Gasteiger partial charge in [-0.15, -0.1) is 0 Å². The van der Waals surface area contributed by atoms with Gasteiger partial charge in [-0.3, -0.25) is 9.52 Å². The molecule has 0 unspecified atom stereocenters. The number of benzene rings is 1. The summed E-state index contributed by atoms with van der Waals surface area (Å²) in [6.07, 6.45) is 2.64. The minimum absolute atomic E-state index is 0.434. The lowest BCUT2D eigenvalue weighted by atomic mass is 10.1. The van der Waals surface area contributed by atoms with Gasteiger partial charge in [0.15, 0.2) is 0 Å². The van der Waals surface area contributed by atoms with Crippen LogP contribution in [0.5, 0.6) is 0 Å². The Bertz CT molecular complexity index is 534. The van der Waals surface area contributed by atoms with Crippen LogP contribution in [-0.4, -0.2) is 21.1 Å². The molecule has 0 spiro atoms. The minimum Gasteiger partial charge on any atom is -0.456 e. The lowest BCUT2D eigenvalue weighted by molar-refractivity contribution is -0.136. The summed E-state index contributed by atoms with van der Waals surface area (Å²) >= 11 is 0. The fourth-order valence-electron chi connectivity index (χ4n) is 1.76. The van der Waals surface area contributed by atoms with Crippen molar-refractivity contribution in [3.8, 4) is 0 Å². The number of rotatable bonds is 5. The van der Waals surface area contributed by atoms with Crippen LogP contribution in [0.3, 0.4) is 0 Å². The first-order valence-corrected chi connectivity index (χ1v) is 7.04. The molecule has 17 heavy (non-hydrogen) atoms. The zero-order valence-corrected chi connectivity index (χ0v) is 10.2. The predicted molar refractivity (Wildman–Crippen MR) is 63.0 cm³/mol. The summed E-state index contributed by atoms with van der Waals surface area (Å²) in [6.45, 7) is 0.434. The topological polar surface area (TPSA) is 72.5 Å². The molecule has 2 rings (SSSR count). The molecule has 0 aromatic heterocycles. The zero-order valence-electron chi connectivity index (χ0n) is 9.34. The van der Waals surface area contributed by atoms with Crippen molar-refractivity contribution in [2.75, 3.05) is 11.0 Å². The molecular weight excluding hydrogens is 242 g/mol. The van der Waals surface area contributed by atoms with Crippen molar-refractivity contribution in [1.82, 2.24) is 0 Å². The fourth-order valence-corrected chi connectivity index (χ4v) is 2.32. The molecule has 0 heterocycles. The first-order valence-electron chi connectivity index (χ1n) is 5.15. The van der Waals surface area contributed by atoms with Gasteiger partial charge in [0, 0.05) is 5.69 Å². The van der Waals surface area contributed by atoms with Gasteiger partial charge in [0.1, 0.15) is 5.60 Å². The first-order chi connectivity index (χ1) is 7.95. The van der Waals surface area contributed by atoms with Gasteiger partial charge in [0.2, 0.25) is 10.0 Å². The third-order valence-electron chi connectivity index (χ3n) is 2.67. The molecule has 5 nitrogen and oxygen atoms in total. The van der Waals surface area contributed by atoms with Gasteiger partial charge in [-0.2, -0.15) is 0 Å². The molecule has 1 aromatic carbocycles. The quantitative estimate of drug-likeness (QED) is 0.803. The van der Waals surface area contributed by atoms with Crippen LogP contribution in [-0.2, 0) is 25.2 Å². The van der Waals surface area contributed by atoms with Crippen molar-refractivity contribution in [2.45, 2.75) is 18.4 Å². The van der Waals surface area contributed by atoms with Crippen LogP contribution in [0.15, 0.2) is 24.3 Å². The molecule has 92 valence electrons. The van der Waals surface area contributed by atoms with Crippen LogP contribution in [0.2, 0.25) is 0 Å². The van der Waals surface area contributed by atoms with Crippen LogP contribution in [0.25, 0.3) is 0 Å². The molecule has 0 bridgehead atoms. The van der Waals surface area contributed by atoms with Gasteiger partial charge in [-0.05, 0) is 30.5 Å². The summed E-state index contributed by atoms with van der Waals surface area (Å²) in [5.74, 6) is 0. The van der Waals surface area contributed by atoms with Gasteiger partial charge in [0.25, 0.3) is 6.47 Å². The van der Waals surface area contributed by atoms with Crippen molar-refractivity contribution < 1.29 is 17.9 Å². The van der Waals surface area contributed by atoms with E-state index in [1.165, 1.54) is 0 Å². The van der Waals surface area contributed by atoms with Crippen LogP contribution < -0.4 is 4.72 Å². The molecule has 1 aliphatic carbocycles. The van der Waals surface area contributed by atoms with Crippen LogP contribution in [0.1, 0.15) is 18.4 Å². The van der Waals surface area contributed by atoms with Crippen molar-refractivity contribution in [3.05, 3.63) is 29.8 Å². The maximum atomic E-state index is 11.1. The largest absolute Gasteiger partial charge is 0.456 e. The van der Waals surface area contributed by atoms with E-state index in [1.807, 2.05) is 6.07 Å². The number of nitrogens with one attached hydrogen (secondary N) is 1. The van der Waals surface area contributed by atoms with E-state index in [4.69, 9.17) is 4.74 Å². The third-order valence-corrected chi connectivity index (χ3v) is 3.28. The summed E-state index contributed by atoms with van der Waals surface area (Å²) in [5.41, 5.74) is 0.751. The number of hydrogen-bond donors (Lipinski definition) is 1. The van der Waals surface area contributed by atoms with Gasteiger partial charge in [-0.1, -0.05) is 12.1 Å². The molecule has 0 aliphatic heterocycles. The highest BCUT2D eigenvalue weighted by Gasteiger charge is 2.47. The second-order valence-corrected chi connectivity index (χ2v) is 5.91. The van der Waals surface area contributed by atoms with Crippen molar-refractivity contribution in [3.63, 3.8) is 0 Å². The Hall–Kier alpha value is -1.56. The second kappa shape index (κ2) is 4.03. The lowest BCUT2D eigenvalue weighted by Gasteiger charge is -2.14. The van der Waals surface area contributed by atoms with Crippen LogP contribution >= 0.6 is 0 Å². The molecular formula is C11H13NO4S. The van der Waals surface area contributed by atoms with E-state index in [0.29, 0.717) is 12.2 Å². The van der Waals surface area contributed by atoms with Gasteiger partial charge < -0.3 is 4.74 Å². The Morgan fingerprint density at radius 3 is 2.65 bits per heavy atom. The second-order valence-electron chi connectivity index (χ2n) is 4.16. The number of sulfonamides is 1. The van der Waals surface area contributed by atoms with Crippen LogP contribution in [0, 0.1) is 0 Å². The SMILES string of the molecule is CS(=O)(=O)Nc1cccc(C2(OC=O)CC2)c1. The van der Waals surface area contributed by atoms with Gasteiger partial charge in [0.05, 0.1) is 6.26 Å². The van der Waals surface area contributed by atoms with E-state index in [2.05, 4.69) is 4.72 Å². The Balaban J connectivity index is 2.26. The molecule has 0 amide bonds. The third kappa shape index (κ3) is 2.76. The number of anilines is 1. The number of carbonyl (C=O) groups is 1. The highest BCUT2D eigenvalue weighted by Crippen LogP contribution is 2.49. The van der Waals surface area contributed by atoms with E-state index >= 15 is 0 Å². The summed E-state index contributed by atoms with van der Waals surface area (Å²) in [6, 6.07) is 6.90. The van der Waals surface area contributed by atoms with Crippen molar-refractivity contribution in [1.29, 1.82) is 0 Å². The Kier molecular flexibility index (Phi) is 2.82. The van der Waals surface area contributed by atoms with E-state index in [-0.39, 0.29) is 0 Å². The molecule has 1 saturated carbocycles. The minimum atomic E-state index is -3.29. The van der Waals surface area contributed by atoms with E-state index < -0.39 is 15.6 Å². The smallest absolute Gasteiger partial charge is 0.293 e. The molecule has 0 saturated heterocycles. The zero-order chi connectivity index (χ0) is 12.5. The van der Waals surface area contributed by atoms with Crippen LogP contribution in [0.4, 0.5) is 5.69 Å². The Morgan fingerprint density at radius 1 is 1.41 bits per heavy atom. The predicted octanol–water partition coefficient (Wildman–Crippen LogP) is 1.22. The molecule has 1 N–H and O–H groups in total. The lowest BCUT2D eigenvalue weighted by Crippen LogP contribution is -2.13. The highest BCUT2D eigenvalue weighted by atomic mass is 32.2. The molecule has 0 radical (unpaired) electrons. The molecule has 1 aliphatic rings. The summed E-state index contributed by atoms with van der Waals surface area (Å²) < 4.78 is 29.7. The fraction of sp³-hybridized carbons (Fsp3) is 0.364. The Morgan fingerprint density at radius 2 is 2.12 bits per heavy atom. The molecule has 1 fully saturated rings. The van der Waals surface area contributed by atoms with Gasteiger partial charge in [-0.25, -0.2) is 8.42 Å². The summed E-state index contributed by atoms with van der Waals surface area (Å²) in [7, 11) is -3.29. The maximum absolute atomic E-state index is 11.1. The number of carbonyl (C=O) groups excluding carboxylic acids is 1. The molecule has 1 aromatic rings. The molecule has 0 atom stereocenters. The van der Waals surface area contributed by atoms with Gasteiger partial charge >= 0.3 is 0 Å². The highest BCUT2D eigenvalue weighted by molar-refractivity contribution is 7.92. The average molecular weight is 255 g/mol. The number of ether oxygens (including phenoxy) is 1. The molecule has 6 heteroatoms. The average Bonchev–Trinajstić information content (AvgIpc) is 2.97. The number of hydrogen-bond acceptors (Lipinski definition) is 4. The first kappa shape index (κ1) is 11.9. The summed E-state index contributed by atoms with van der Waals surface area (Å²) in [5, 5.41) is 0. The van der Waals surface area contributed by atoms with Crippen molar-refractivity contribution in [2.24, 2.45) is 0 Å². The normalized spacial score (nSPS) is 17.2. The van der Waals surface area contributed by atoms with E-state index in [1.54, 1.807) is 18.2 Å². The summed E-state index contributed by atoms with van der Waals surface area (Å²) in [4.78, 5) is 10.4.